The van der Waals surface area contributed by atoms with E-state index in [1.54, 1.807) is 0 Å². The van der Waals surface area contributed by atoms with Gasteiger partial charge in [-0.1, -0.05) is 37.3 Å². The van der Waals surface area contributed by atoms with Gasteiger partial charge in [-0.2, -0.15) is 0 Å². The monoisotopic (exact) mass is 342 g/mol. The van der Waals surface area contributed by atoms with Crippen LogP contribution in [0.3, 0.4) is 0 Å². The number of nitrogens with zero attached hydrogens (tertiary/aromatic N) is 1. The van der Waals surface area contributed by atoms with Crippen LogP contribution in [0.2, 0.25) is 0 Å². The van der Waals surface area contributed by atoms with Crippen molar-refractivity contribution in [1.29, 1.82) is 0 Å². The van der Waals surface area contributed by atoms with Crippen LogP contribution in [-0.4, -0.2) is 35.3 Å². The lowest BCUT2D eigenvalue weighted by Gasteiger charge is -2.36. The second kappa shape index (κ2) is 8.50. The summed E-state index contributed by atoms with van der Waals surface area (Å²) in [5.74, 6) is 1.01. The molecule has 25 heavy (non-hydrogen) atoms. The highest BCUT2D eigenvalue weighted by molar-refractivity contribution is 5.80. The maximum atomic E-state index is 12.7. The molecule has 0 aliphatic heterocycles. The first-order valence-corrected chi connectivity index (χ1v) is 9.75. The van der Waals surface area contributed by atoms with Crippen LogP contribution < -0.4 is 5.32 Å². The van der Waals surface area contributed by atoms with E-state index < -0.39 is 0 Å². The van der Waals surface area contributed by atoms with Crippen LogP contribution in [0.4, 0.5) is 0 Å². The number of amides is 2. The minimum absolute atomic E-state index is 0.0107. The largest absolute Gasteiger partial charge is 0.355 e. The Balaban J connectivity index is 1.43. The molecule has 0 unspecified atom stereocenters. The van der Waals surface area contributed by atoms with Gasteiger partial charge >= 0.3 is 0 Å². The summed E-state index contributed by atoms with van der Waals surface area (Å²) in [6.07, 6.45) is 7.85. The molecule has 4 nitrogen and oxygen atoms in total. The van der Waals surface area contributed by atoms with Gasteiger partial charge in [-0.15, -0.1) is 0 Å². The zero-order valence-corrected chi connectivity index (χ0v) is 15.2. The molecule has 4 heteroatoms. The first-order chi connectivity index (χ1) is 12.1. The summed E-state index contributed by atoms with van der Waals surface area (Å²) in [5.41, 5.74) is 1.00. The van der Waals surface area contributed by atoms with E-state index in [9.17, 15) is 9.59 Å². The molecule has 0 radical (unpaired) electrons. The van der Waals surface area contributed by atoms with E-state index in [1.165, 1.54) is 12.8 Å². The predicted molar refractivity (Wildman–Crippen MR) is 99.1 cm³/mol. The van der Waals surface area contributed by atoms with E-state index in [1.807, 2.05) is 30.3 Å². The van der Waals surface area contributed by atoms with Crippen LogP contribution in [0.1, 0.15) is 57.4 Å². The Morgan fingerprint density at radius 3 is 2.20 bits per heavy atom. The molecule has 0 spiro atoms. The summed E-state index contributed by atoms with van der Waals surface area (Å²) in [6.45, 7) is 2.75. The third kappa shape index (κ3) is 5.32. The molecule has 3 rings (SSSR count). The van der Waals surface area contributed by atoms with E-state index in [0.29, 0.717) is 31.5 Å². The molecule has 0 bridgehead atoms. The van der Waals surface area contributed by atoms with Crippen LogP contribution in [0.5, 0.6) is 0 Å². The average Bonchev–Trinajstić information content (AvgIpc) is 3.43. The fourth-order valence-electron chi connectivity index (χ4n) is 3.86. The van der Waals surface area contributed by atoms with Crippen LogP contribution in [0.25, 0.3) is 0 Å². The van der Waals surface area contributed by atoms with Crippen molar-refractivity contribution < 1.29 is 9.59 Å². The Labute approximate surface area is 151 Å². The Hall–Kier alpha value is -1.84. The van der Waals surface area contributed by atoms with Crippen molar-refractivity contribution in [1.82, 2.24) is 10.2 Å². The molecule has 1 aromatic rings. The topological polar surface area (TPSA) is 49.4 Å². The summed E-state index contributed by atoms with van der Waals surface area (Å²) >= 11 is 0. The van der Waals surface area contributed by atoms with Crippen molar-refractivity contribution in [2.45, 2.75) is 70.4 Å². The molecule has 0 heterocycles. The SMILES string of the molecule is CC1CCC(N(C(=O)CCNC(=O)Cc2ccccc2)C2CC2)CC1. The molecular formula is C21H30N2O2. The van der Waals surface area contributed by atoms with E-state index in [4.69, 9.17) is 0 Å². The van der Waals surface area contributed by atoms with E-state index in [-0.39, 0.29) is 11.8 Å². The van der Waals surface area contributed by atoms with E-state index in [0.717, 1.165) is 37.2 Å². The molecule has 2 saturated carbocycles. The highest BCUT2D eigenvalue weighted by Crippen LogP contribution is 2.35. The summed E-state index contributed by atoms with van der Waals surface area (Å²) in [5, 5.41) is 2.90. The van der Waals surface area contributed by atoms with Crippen LogP contribution in [-0.2, 0) is 16.0 Å². The number of hydrogen-bond acceptors (Lipinski definition) is 2. The van der Waals surface area contributed by atoms with Gasteiger partial charge in [0.15, 0.2) is 0 Å². The second-order valence-electron chi connectivity index (χ2n) is 7.71. The molecule has 0 saturated heterocycles. The number of benzene rings is 1. The second-order valence-corrected chi connectivity index (χ2v) is 7.71. The number of nitrogens with one attached hydrogen (secondary N) is 1. The van der Waals surface area contributed by atoms with Gasteiger partial charge in [0.2, 0.25) is 11.8 Å². The fourth-order valence-corrected chi connectivity index (χ4v) is 3.86. The Bertz CT molecular complexity index is 575. The molecule has 2 aliphatic rings. The minimum Gasteiger partial charge on any atom is -0.355 e. The number of carbonyl (C=O) groups is 2. The third-order valence-electron chi connectivity index (χ3n) is 5.48. The van der Waals surface area contributed by atoms with Crippen LogP contribution in [0.15, 0.2) is 30.3 Å². The Kier molecular flexibility index (Phi) is 6.11. The maximum Gasteiger partial charge on any atom is 0.224 e. The number of hydrogen-bond donors (Lipinski definition) is 1. The van der Waals surface area contributed by atoms with E-state index >= 15 is 0 Å². The van der Waals surface area contributed by atoms with Crippen molar-refractivity contribution >= 4 is 11.8 Å². The zero-order valence-electron chi connectivity index (χ0n) is 15.2. The lowest BCUT2D eigenvalue weighted by Crippen LogP contribution is -2.44. The number of rotatable bonds is 7. The number of carbonyl (C=O) groups excluding carboxylic acids is 2. The van der Waals surface area contributed by atoms with Gasteiger partial charge in [0.1, 0.15) is 0 Å². The Morgan fingerprint density at radius 2 is 1.60 bits per heavy atom. The van der Waals surface area contributed by atoms with Gasteiger partial charge in [0, 0.05) is 25.0 Å². The van der Waals surface area contributed by atoms with Gasteiger partial charge in [-0.3, -0.25) is 9.59 Å². The van der Waals surface area contributed by atoms with Crippen molar-refractivity contribution in [3.8, 4) is 0 Å². The first-order valence-electron chi connectivity index (χ1n) is 9.75. The summed E-state index contributed by atoms with van der Waals surface area (Å²) in [7, 11) is 0. The highest BCUT2D eigenvalue weighted by atomic mass is 16.2. The fraction of sp³-hybridized carbons (Fsp3) is 0.619. The van der Waals surface area contributed by atoms with Crippen molar-refractivity contribution in [2.24, 2.45) is 5.92 Å². The quantitative estimate of drug-likeness (QED) is 0.826. The van der Waals surface area contributed by atoms with Crippen molar-refractivity contribution in [3.05, 3.63) is 35.9 Å². The summed E-state index contributed by atoms with van der Waals surface area (Å²) < 4.78 is 0. The standard InChI is InChI=1S/C21H30N2O2/c1-16-7-9-18(10-8-16)23(19-11-12-19)21(25)13-14-22-20(24)15-17-5-3-2-4-6-17/h2-6,16,18-19H,7-15H2,1H3,(H,22,24). The molecule has 1 N–H and O–H groups in total. The average molecular weight is 342 g/mol. The predicted octanol–water partition coefficient (Wildman–Crippen LogP) is 3.31. The van der Waals surface area contributed by atoms with Gasteiger partial charge in [0.25, 0.3) is 0 Å². The van der Waals surface area contributed by atoms with Crippen molar-refractivity contribution in [2.75, 3.05) is 6.54 Å². The third-order valence-corrected chi connectivity index (χ3v) is 5.48. The molecule has 1 aromatic carbocycles. The minimum atomic E-state index is -0.0107. The molecule has 0 aromatic heterocycles. The molecule has 2 amide bonds. The maximum absolute atomic E-state index is 12.7. The molecule has 2 fully saturated rings. The molecule has 2 aliphatic carbocycles. The summed E-state index contributed by atoms with van der Waals surface area (Å²) in [4.78, 5) is 26.9. The summed E-state index contributed by atoms with van der Waals surface area (Å²) in [6, 6.07) is 10.6. The zero-order chi connectivity index (χ0) is 17.6. The van der Waals surface area contributed by atoms with Crippen LogP contribution in [0, 0.1) is 5.92 Å². The first kappa shape index (κ1) is 18.0. The lowest BCUT2D eigenvalue weighted by atomic mass is 9.86. The molecule has 0 atom stereocenters. The van der Waals surface area contributed by atoms with Gasteiger partial charge < -0.3 is 10.2 Å². The highest BCUT2D eigenvalue weighted by Gasteiger charge is 2.37. The lowest BCUT2D eigenvalue weighted by molar-refractivity contribution is -0.135. The van der Waals surface area contributed by atoms with Crippen molar-refractivity contribution in [3.63, 3.8) is 0 Å². The smallest absolute Gasteiger partial charge is 0.224 e. The molecule has 136 valence electrons. The van der Waals surface area contributed by atoms with E-state index in [2.05, 4.69) is 17.1 Å². The normalized spacial score (nSPS) is 23.1. The molecular weight excluding hydrogens is 312 g/mol. The van der Waals surface area contributed by atoms with Gasteiger partial charge in [-0.25, -0.2) is 0 Å². The Morgan fingerprint density at radius 1 is 1.00 bits per heavy atom. The van der Waals surface area contributed by atoms with Gasteiger partial charge in [0.05, 0.1) is 6.42 Å². The van der Waals surface area contributed by atoms with Gasteiger partial charge in [-0.05, 0) is 50.0 Å². The van der Waals surface area contributed by atoms with Crippen LogP contribution >= 0.6 is 0 Å².